The lowest BCUT2D eigenvalue weighted by Crippen LogP contribution is -2.00. The summed E-state index contributed by atoms with van der Waals surface area (Å²) in [5.74, 6) is 0.690. The van der Waals surface area contributed by atoms with Crippen molar-refractivity contribution < 1.29 is 5.11 Å². The second kappa shape index (κ2) is 6.43. The molecular formula is C19H16N6O. The van der Waals surface area contributed by atoms with Gasteiger partial charge in [0.1, 0.15) is 23.1 Å². The summed E-state index contributed by atoms with van der Waals surface area (Å²) >= 11 is 0. The Labute approximate surface area is 149 Å². The number of aromatic nitrogens is 5. The number of hydrogen-bond donors (Lipinski definition) is 1. The van der Waals surface area contributed by atoms with Crippen LogP contribution in [0.2, 0.25) is 0 Å². The number of rotatable bonds is 4. The Morgan fingerprint density at radius 2 is 2.04 bits per heavy atom. The Morgan fingerprint density at radius 1 is 1.15 bits per heavy atom. The summed E-state index contributed by atoms with van der Waals surface area (Å²) in [6.45, 7) is 1.96. The molecule has 0 spiro atoms. The second-order valence-electron chi connectivity index (χ2n) is 5.93. The van der Waals surface area contributed by atoms with E-state index in [-0.39, 0.29) is 6.61 Å². The first-order valence-corrected chi connectivity index (χ1v) is 8.20. The molecular weight excluding hydrogens is 328 g/mol. The number of aliphatic hydroxyl groups excluding tert-OH is 1. The molecule has 4 rings (SSSR count). The molecule has 4 aromatic heterocycles. The molecule has 0 aliphatic heterocycles. The maximum absolute atomic E-state index is 9.27. The molecule has 0 aliphatic rings. The van der Waals surface area contributed by atoms with Crippen LogP contribution in [0.3, 0.4) is 0 Å². The van der Waals surface area contributed by atoms with Crippen molar-refractivity contribution in [2.45, 2.75) is 13.3 Å². The zero-order valence-corrected chi connectivity index (χ0v) is 14.2. The molecule has 4 heterocycles. The zero-order chi connectivity index (χ0) is 18.1. The number of fused-ring (bicyclic) bond motifs is 1. The van der Waals surface area contributed by atoms with Crippen molar-refractivity contribution in [3.8, 4) is 23.3 Å². The second-order valence-corrected chi connectivity index (χ2v) is 5.93. The molecule has 0 aliphatic carbocycles. The molecule has 1 N–H and O–H groups in total. The lowest BCUT2D eigenvalue weighted by atomic mass is 10.3. The van der Waals surface area contributed by atoms with Crippen LogP contribution in [-0.4, -0.2) is 35.6 Å². The first-order valence-electron chi connectivity index (χ1n) is 8.20. The van der Waals surface area contributed by atoms with E-state index >= 15 is 0 Å². The fourth-order valence-electron chi connectivity index (χ4n) is 2.90. The number of imidazole rings is 2. The first kappa shape index (κ1) is 16.0. The van der Waals surface area contributed by atoms with Crippen LogP contribution < -0.4 is 0 Å². The van der Waals surface area contributed by atoms with Gasteiger partial charge in [0, 0.05) is 31.1 Å². The normalized spacial score (nSPS) is 11.0. The van der Waals surface area contributed by atoms with Gasteiger partial charge in [-0.3, -0.25) is 8.97 Å². The summed E-state index contributed by atoms with van der Waals surface area (Å²) in [5, 5.41) is 18.5. The molecule has 0 saturated carbocycles. The maximum atomic E-state index is 9.27. The highest BCUT2D eigenvalue weighted by Crippen LogP contribution is 2.23. The van der Waals surface area contributed by atoms with Crippen LogP contribution in [0.15, 0.2) is 48.9 Å². The van der Waals surface area contributed by atoms with E-state index in [0.717, 1.165) is 22.8 Å². The molecule has 4 aromatic rings. The number of hydrogen-bond acceptors (Lipinski definition) is 5. The smallest absolute Gasteiger partial charge is 0.163 e. The van der Waals surface area contributed by atoms with E-state index in [9.17, 15) is 10.4 Å². The summed E-state index contributed by atoms with van der Waals surface area (Å²) in [6.07, 6.45) is 5.75. The first-order chi connectivity index (χ1) is 12.7. The summed E-state index contributed by atoms with van der Waals surface area (Å²) in [6, 6.07) is 11.7. The summed E-state index contributed by atoms with van der Waals surface area (Å²) in [4.78, 5) is 13.4. The van der Waals surface area contributed by atoms with Crippen LogP contribution in [0, 0.1) is 18.3 Å². The highest BCUT2D eigenvalue weighted by atomic mass is 16.3. The summed E-state index contributed by atoms with van der Waals surface area (Å²) < 4.78 is 3.67. The Hall–Kier alpha value is -3.50. The molecule has 7 nitrogen and oxygen atoms in total. The predicted octanol–water partition coefficient (Wildman–Crippen LogP) is 2.30. The molecule has 0 saturated heterocycles. The van der Waals surface area contributed by atoms with Crippen molar-refractivity contribution in [1.82, 2.24) is 23.9 Å². The number of pyridine rings is 2. The molecule has 0 unspecified atom stereocenters. The van der Waals surface area contributed by atoms with Gasteiger partial charge in [0.15, 0.2) is 5.82 Å². The van der Waals surface area contributed by atoms with Crippen LogP contribution in [0.4, 0.5) is 0 Å². The molecule has 0 bridgehead atoms. The average molecular weight is 344 g/mol. The van der Waals surface area contributed by atoms with Gasteiger partial charge in [0.2, 0.25) is 0 Å². The molecule has 0 fully saturated rings. The van der Waals surface area contributed by atoms with E-state index in [4.69, 9.17) is 0 Å². The van der Waals surface area contributed by atoms with E-state index in [2.05, 4.69) is 21.0 Å². The minimum absolute atomic E-state index is 0.0246. The molecule has 128 valence electrons. The lowest BCUT2D eigenvalue weighted by molar-refractivity contribution is 0.298. The minimum atomic E-state index is 0.0246. The van der Waals surface area contributed by atoms with Gasteiger partial charge in [-0.15, -0.1) is 0 Å². The molecule has 0 radical (unpaired) electrons. The van der Waals surface area contributed by atoms with Crippen LogP contribution in [0.1, 0.15) is 17.1 Å². The lowest BCUT2D eigenvalue weighted by Gasteiger charge is -2.08. The van der Waals surface area contributed by atoms with Gasteiger partial charge >= 0.3 is 0 Å². The number of nitrogens with zero attached hydrogens (tertiary/aromatic N) is 6. The van der Waals surface area contributed by atoms with Gasteiger partial charge in [-0.25, -0.2) is 15.0 Å². The fourth-order valence-corrected chi connectivity index (χ4v) is 2.90. The number of aryl methyl sites for hydroxylation is 1. The van der Waals surface area contributed by atoms with Crippen molar-refractivity contribution in [2.24, 2.45) is 0 Å². The van der Waals surface area contributed by atoms with Gasteiger partial charge in [0.25, 0.3) is 0 Å². The minimum Gasteiger partial charge on any atom is -0.396 e. The molecule has 7 heteroatoms. The van der Waals surface area contributed by atoms with Crippen LogP contribution in [0.5, 0.6) is 0 Å². The van der Waals surface area contributed by atoms with Gasteiger partial charge in [-0.1, -0.05) is 6.07 Å². The fraction of sp³-hybridized carbons (Fsp3) is 0.158. The average Bonchev–Trinajstić information content (AvgIpc) is 3.25. The largest absolute Gasteiger partial charge is 0.396 e. The topological polar surface area (TPSA) is 92.0 Å². The standard InChI is InChI=1S/C19H16N6O/c1-13-3-2-4-17(22-13)19-23-14(7-8-26)11-25(19)15-5-6-18-21-10-16(9-20)24(18)12-15/h2-6,10-12,26H,7-8H2,1H3. The van der Waals surface area contributed by atoms with Crippen molar-refractivity contribution in [2.75, 3.05) is 6.61 Å². The van der Waals surface area contributed by atoms with Crippen LogP contribution in [0.25, 0.3) is 22.9 Å². The predicted molar refractivity (Wildman–Crippen MR) is 95.8 cm³/mol. The highest BCUT2D eigenvalue weighted by Gasteiger charge is 2.14. The Kier molecular flexibility index (Phi) is 3.95. The Bertz CT molecular complexity index is 1130. The summed E-state index contributed by atoms with van der Waals surface area (Å²) in [5.41, 5.74) is 4.43. The van der Waals surface area contributed by atoms with E-state index in [1.165, 1.54) is 0 Å². The van der Waals surface area contributed by atoms with Gasteiger partial charge in [0.05, 0.1) is 17.6 Å². The molecule has 0 atom stereocenters. The molecule has 0 aromatic carbocycles. The molecule has 26 heavy (non-hydrogen) atoms. The van der Waals surface area contributed by atoms with Gasteiger partial charge < -0.3 is 5.11 Å². The third kappa shape index (κ3) is 2.72. The van der Waals surface area contributed by atoms with Crippen molar-refractivity contribution in [3.63, 3.8) is 0 Å². The van der Waals surface area contributed by atoms with Crippen LogP contribution in [-0.2, 0) is 6.42 Å². The number of nitriles is 1. The van der Waals surface area contributed by atoms with E-state index < -0.39 is 0 Å². The number of aliphatic hydroxyl groups is 1. The third-order valence-corrected chi connectivity index (χ3v) is 4.12. The Balaban J connectivity index is 1.91. The third-order valence-electron chi connectivity index (χ3n) is 4.12. The van der Waals surface area contributed by atoms with Gasteiger partial charge in [-0.2, -0.15) is 5.26 Å². The monoisotopic (exact) mass is 344 g/mol. The SMILES string of the molecule is Cc1cccc(-c2nc(CCO)cn2-c2ccc3ncc(C#N)n3c2)n1. The van der Waals surface area contributed by atoms with E-state index in [0.29, 0.717) is 23.6 Å². The maximum Gasteiger partial charge on any atom is 0.163 e. The van der Waals surface area contributed by atoms with Crippen molar-refractivity contribution in [1.29, 1.82) is 5.26 Å². The van der Waals surface area contributed by atoms with Crippen molar-refractivity contribution >= 4 is 5.65 Å². The van der Waals surface area contributed by atoms with E-state index in [1.54, 1.807) is 10.6 Å². The van der Waals surface area contributed by atoms with E-state index in [1.807, 2.05) is 54.2 Å². The molecule has 0 amide bonds. The van der Waals surface area contributed by atoms with Gasteiger partial charge in [-0.05, 0) is 31.2 Å². The quantitative estimate of drug-likeness (QED) is 0.613. The summed E-state index contributed by atoms with van der Waals surface area (Å²) in [7, 11) is 0. The highest BCUT2D eigenvalue weighted by molar-refractivity contribution is 5.57. The van der Waals surface area contributed by atoms with Crippen molar-refractivity contribution in [3.05, 3.63) is 66.0 Å². The van der Waals surface area contributed by atoms with Crippen LogP contribution >= 0.6 is 0 Å². The zero-order valence-electron chi connectivity index (χ0n) is 14.2. The Morgan fingerprint density at radius 3 is 2.81 bits per heavy atom.